The van der Waals surface area contributed by atoms with Crippen molar-refractivity contribution >= 4 is 48.5 Å². The van der Waals surface area contributed by atoms with Crippen molar-refractivity contribution in [3.05, 3.63) is 198 Å². The van der Waals surface area contributed by atoms with Gasteiger partial charge in [-0.2, -0.15) is 0 Å². The van der Waals surface area contributed by atoms with Gasteiger partial charge in [-0.15, -0.1) is 11.3 Å². The van der Waals surface area contributed by atoms with Gasteiger partial charge in [-0.05, 0) is 69.0 Å². The van der Waals surface area contributed by atoms with E-state index in [0.717, 1.165) is 55.7 Å². The average molecular weight is 745 g/mol. The van der Waals surface area contributed by atoms with Crippen molar-refractivity contribution in [2.24, 2.45) is 0 Å². The summed E-state index contributed by atoms with van der Waals surface area (Å²) >= 11 is 1.76. The number of benzene rings is 6. The number of allylic oxidation sites excluding steroid dienone is 7. The summed E-state index contributed by atoms with van der Waals surface area (Å²) in [4.78, 5) is 21.9. The first-order valence-electron chi connectivity index (χ1n) is 19.4. The summed E-state index contributed by atoms with van der Waals surface area (Å²) in [6.45, 7) is 0. The molecule has 1 unspecified atom stereocenters. The Morgan fingerprint density at radius 1 is 0.509 bits per heavy atom. The highest BCUT2D eigenvalue weighted by Gasteiger charge is 2.32. The first kappa shape index (κ1) is 32.2. The lowest BCUT2D eigenvalue weighted by atomic mass is 9.70. The summed E-state index contributed by atoms with van der Waals surface area (Å²) < 4.78 is 1.26. The molecule has 4 nitrogen and oxygen atoms in total. The molecule has 9 aromatic rings. The van der Waals surface area contributed by atoms with Gasteiger partial charge in [0.25, 0.3) is 0 Å². The minimum atomic E-state index is 0.251. The Bertz CT molecular complexity index is 3280. The van der Waals surface area contributed by atoms with E-state index in [1.165, 1.54) is 48.7 Å². The fourth-order valence-electron chi connectivity index (χ4n) is 9.00. The molecule has 3 aliphatic rings. The van der Waals surface area contributed by atoms with Crippen molar-refractivity contribution in [1.29, 1.82) is 0 Å². The van der Waals surface area contributed by atoms with Crippen LogP contribution in [-0.4, -0.2) is 19.9 Å². The lowest BCUT2D eigenvalue weighted by molar-refractivity contribution is 0.892. The van der Waals surface area contributed by atoms with E-state index in [1.807, 2.05) is 18.2 Å². The number of thiophene rings is 1. The Labute approximate surface area is 333 Å². The Balaban J connectivity index is 0.984. The Kier molecular flexibility index (Phi) is 7.19. The number of hydrogen-bond donors (Lipinski definition) is 0. The van der Waals surface area contributed by atoms with Gasteiger partial charge in [0.1, 0.15) is 4.83 Å². The molecule has 5 heteroatoms. The second-order valence-corrected chi connectivity index (χ2v) is 15.9. The number of fused-ring (bicyclic) bond motifs is 5. The summed E-state index contributed by atoms with van der Waals surface area (Å²) in [7, 11) is 0. The standard InChI is InChI=1S/C52H32N4S/c1-2-11-34(12-3-1)49-54-50(56-51(55-49)42-28-26-33-24-23-31-13-8-14-32-25-27-40(42)46(33)45(31)32)38-18-10-16-36(30-38)35-15-9-17-37(29-35)48-41-20-5-4-19-39(41)47-43-21-6-7-22-44(43)57-52(47)53-48/h1-23,25-30,45H,24H2. The van der Waals surface area contributed by atoms with E-state index in [9.17, 15) is 0 Å². The van der Waals surface area contributed by atoms with Crippen molar-refractivity contribution < 1.29 is 0 Å². The highest BCUT2D eigenvalue weighted by atomic mass is 32.1. The molecule has 0 aliphatic heterocycles. The summed E-state index contributed by atoms with van der Waals surface area (Å²) in [6, 6.07) is 49.3. The maximum atomic E-state index is 5.33. The molecule has 0 saturated carbocycles. The molecule has 0 bridgehead atoms. The largest absolute Gasteiger partial charge is 0.236 e. The second kappa shape index (κ2) is 12.7. The molecule has 0 amide bonds. The third kappa shape index (κ3) is 5.20. The molecule has 3 heterocycles. The van der Waals surface area contributed by atoms with E-state index in [2.05, 4.69) is 158 Å². The topological polar surface area (TPSA) is 51.6 Å². The Morgan fingerprint density at radius 2 is 1.19 bits per heavy atom. The summed E-state index contributed by atoms with van der Waals surface area (Å²) in [5.41, 5.74) is 13.8. The van der Waals surface area contributed by atoms with Crippen molar-refractivity contribution in [1.82, 2.24) is 19.9 Å². The van der Waals surface area contributed by atoms with Crippen molar-refractivity contribution in [3.63, 3.8) is 0 Å². The fraction of sp³-hybridized carbons (Fsp3) is 0.0385. The van der Waals surface area contributed by atoms with E-state index in [0.29, 0.717) is 17.5 Å². The van der Waals surface area contributed by atoms with Gasteiger partial charge in [0, 0.05) is 49.0 Å². The van der Waals surface area contributed by atoms with Crippen molar-refractivity contribution in [3.8, 4) is 56.5 Å². The average Bonchev–Trinajstić information content (AvgIpc) is 3.67. The lowest BCUT2D eigenvalue weighted by Gasteiger charge is -2.33. The zero-order valence-electron chi connectivity index (χ0n) is 30.7. The van der Waals surface area contributed by atoms with Crippen LogP contribution >= 0.6 is 11.3 Å². The summed E-state index contributed by atoms with van der Waals surface area (Å²) in [5, 5.41) is 4.88. The van der Waals surface area contributed by atoms with Crippen LogP contribution in [0.5, 0.6) is 0 Å². The highest BCUT2D eigenvalue weighted by Crippen LogP contribution is 2.48. The van der Waals surface area contributed by atoms with Crippen LogP contribution in [0.2, 0.25) is 0 Å². The molecule has 3 aliphatic carbocycles. The quantitative estimate of drug-likeness (QED) is 0.176. The summed E-state index contributed by atoms with van der Waals surface area (Å²) in [5.74, 6) is 2.23. The molecule has 0 N–H and O–H groups in total. The Morgan fingerprint density at radius 3 is 2.05 bits per heavy atom. The third-order valence-electron chi connectivity index (χ3n) is 11.7. The smallest absolute Gasteiger partial charge is 0.164 e. The fourth-order valence-corrected chi connectivity index (χ4v) is 10.1. The molecule has 266 valence electrons. The molecule has 0 saturated heterocycles. The zero-order valence-corrected chi connectivity index (χ0v) is 31.5. The van der Waals surface area contributed by atoms with Gasteiger partial charge in [0.05, 0.1) is 5.69 Å². The number of pyridine rings is 1. The van der Waals surface area contributed by atoms with E-state index in [4.69, 9.17) is 19.9 Å². The molecule has 0 spiro atoms. The molecule has 0 radical (unpaired) electrons. The van der Waals surface area contributed by atoms with Crippen LogP contribution in [0.25, 0.3) is 93.7 Å². The van der Waals surface area contributed by atoms with E-state index >= 15 is 0 Å². The van der Waals surface area contributed by atoms with Crippen molar-refractivity contribution in [2.75, 3.05) is 0 Å². The van der Waals surface area contributed by atoms with Crippen LogP contribution in [0.4, 0.5) is 0 Å². The number of hydrogen-bond acceptors (Lipinski definition) is 5. The number of aromatic nitrogens is 4. The van der Waals surface area contributed by atoms with Gasteiger partial charge >= 0.3 is 0 Å². The first-order chi connectivity index (χ1) is 28.2. The zero-order chi connectivity index (χ0) is 37.5. The third-order valence-corrected chi connectivity index (χ3v) is 12.7. The first-order valence-corrected chi connectivity index (χ1v) is 20.2. The highest BCUT2D eigenvalue weighted by molar-refractivity contribution is 7.25. The predicted molar refractivity (Wildman–Crippen MR) is 236 cm³/mol. The minimum Gasteiger partial charge on any atom is -0.236 e. The molecular weight excluding hydrogens is 713 g/mol. The lowest BCUT2D eigenvalue weighted by Crippen LogP contribution is -2.18. The SMILES string of the molecule is C1=CC2=CCc3ccc(-c4nc(-c5ccccc5)nc(-c5cccc(-c6cccc(-c7nc8sc9ccccc9c8c8ccccc78)c6)c5)n4)c4c3C2C(=C1)C=C4. The normalized spacial score (nSPS) is 15.2. The molecule has 6 aromatic carbocycles. The van der Waals surface area contributed by atoms with Crippen molar-refractivity contribution in [2.45, 2.75) is 12.3 Å². The molecule has 1 atom stereocenters. The monoisotopic (exact) mass is 744 g/mol. The van der Waals surface area contributed by atoms with Gasteiger partial charge < -0.3 is 0 Å². The second-order valence-electron chi connectivity index (χ2n) is 14.9. The van der Waals surface area contributed by atoms with Crippen LogP contribution in [0, 0.1) is 0 Å². The van der Waals surface area contributed by atoms with E-state index < -0.39 is 0 Å². The van der Waals surface area contributed by atoms with Crippen LogP contribution < -0.4 is 0 Å². The molecule has 57 heavy (non-hydrogen) atoms. The van der Waals surface area contributed by atoms with Crippen LogP contribution in [0.1, 0.15) is 22.6 Å². The van der Waals surface area contributed by atoms with E-state index in [-0.39, 0.29) is 5.92 Å². The van der Waals surface area contributed by atoms with Crippen LogP contribution in [0.3, 0.4) is 0 Å². The van der Waals surface area contributed by atoms with Crippen LogP contribution in [-0.2, 0) is 6.42 Å². The number of nitrogens with zero attached hydrogens (tertiary/aromatic N) is 4. The van der Waals surface area contributed by atoms with Gasteiger partial charge in [-0.25, -0.2) is 19.9 Å². The van der Waals surface area contributed by atoms with Gasteiger partial charge in [-0.3, -0.25) is 0 Å². The van der Waals surface area contributed by atoms with Crippen LogP contribution in [0.15, 0.2) is 181 Å². The Hall–Kier alpha value is -7.08. The maximum Gasteiger partial charge on any atom is 0.164 e. The maximum absolute atomic E-state index is 5.33. The van der Waals surface area contributed by atoms with Gasteiger partial charge in [0.15, 0.2) is 17.5 Å². The predicted octanol–water partition coefficient (Wildman–Crippen LogP) is 13.2. The molecule has 0 fully saturated rings. The molecule has 12 rings (SSSR count). The number of rotatable bonds is 5. The van der Waals surface area contributed by atoms with Gasteiger partial charge in [-0.1, -0.05) is 158 Å². The molecule has 3 aromatic heterocycles. The van der Waals surface area contributed by atoms with E-state index in [1.54, 1.807) is 11.3 Å². The minimum absolute atomic E-state index is 0.251. The van der Waals surface area contributed by atoms with Gasteiger partial charge in [0.2, 0.25) is 0 Å². The summed E-state index contributed by atoms with van der Waals surface area (Å²) in [6.07, 6.45) is 14.5. The molecular formula is C52H32N4S.